The lowest BCUT2D eigenvalue weighted by Gasteiger charge is -2.07. The van der Waals surface area contributed by atoms with Crippen molar-refractivity contribution in [2.75, 3.05) is 0 Å². The van der Waals surface area contributed by atoms with Gasteiger partial charge in [0.2, 0.25) is 0 Å². The summed E-state index contributed by atoms with van der Waals surface area (Å²) >= 11 is 0. The topological polar surface area (TPSA) is 33.4 Å². The van der Waals surface area contributed by atoms with E-state index in [0.717, 1.165) is 12.3 Å². The zero-order valence-electron chi connectivity index (χ0n) is 8.38. The van der Waals surface area contributed by atoms with E-state index in [0.29, 0.717) is 10.9 Å². The Labute approximate surface area is 89.3 Å². The number of fused-ring (bicyclic) bond motifs is 1. The van der Waals surface area contributed by atoms with Crippen LogP contribution in [0.3, 0.4) is 0 Å². The number of alkyl halides is 3. The Morgan fingerprint density at radius 2 is 2.00 bits per heavy atom. The zero-order chi connectivity index (χ0) is 11.9. The van der Waals surface area contributed by atoms with Gasteiger partial charge in [0.25, 0.3) is 0 Å². The molecular weight excluding hydrogens is 221 g/mol. The molecule has 0 bridgehead atoms. The number of rotatable bonds is 1. The van der Waals surface area contributed by atoms with Crippen LogP contribution >= 0.6 is 0 Å². The van der Waals surface area contributed by atoms with Crippen molar-refractivity contribution in [3.05, 3.63) is 35.6 Å². The van der Waals surface area contributed by atoms with Crippen LogP contribution in [-0.4, -0.2) is 5.11 Å². The first-order valence-electron chi connectivity index (χ1n) is 4.66. The second-order valence-electron chi connectivity index (χ2n) is 3.55. The molecule has 1 aromatic heterocycles. The monoisotopic (exact) mass is 230 g/mol. The summed E-state index contributed by atoms with van der Waals surface area (Å²) in [6.07, 6.45) is -4.15. The summed E-state index contributed by atoms with van der Waals surface area (Å²) in [7, 11) is 0. The number of benzene rings is 1. The predicted molar refractivity (Wildman–Crippen MR) is 51.8 cm³/mol. The third kappa shape index (κ3) is 1.67. The fraction of sp³-hybridized carbons (Fsp3) is 0.273. The zero-order valence-corrected chi connectivity index (χ0v) is 8.38. The molecule has 0 radical (unpaired) electrons. The molecule has 1 N–H and O–H groups in total. The van der Waals surface area contributed by atoms with Crippen molar-refractivity contribution in [3.63, 3.8) is 0 Å². The fourth-order valence-corrected chi connectivity index (χ4v) is 1.62. The quantitative estimate of drug-likeness (QED) is 0.813. The Morgan fingerprint density at radius 1 is 1.31 bits per heavy atom. The van der Waals surface area contributed by atoms with Gasteiger partial charge in [-0.1, -0.05) is 12.1 Å². The average molecular weight is 230 g/mol. The maximum absolute atomic E-state index is 12.6. The lowest BCUT2D eigenvalue weighted by atomic mass is 10.1. The number of para-hydroxylation sites is 1. The minimum absolute atomic E-state index is 0.231. The molecule has 2 aromatic rings. The number of hydrogen-bond donors (Lipinski definition) is 1. The van der Waals surface area contributed by atoms with Gasteiger partial charge < -0.3 is 9.52 Å². The fourth-order valence-electron chi connectivity index (χ4n) is 1.62. The van der Waals surface area contributed by atoms with E-state index < -0.39 is 17.8 Å². The van der Waals surface area contributed by atoms with Crippen LogP contribution in [0.5, 0.6) is 0 Å². The van der Waals surface area contributed by atoms with Gasteiger partial charge in [0.1, 0.15) is 5.58 Å². The molecule has 1 unspecified atom stereocenters. The third-order valence-electron chi connectivity index (χ3n) is 2.39. The summed E-state index contributed by atoms with van der Waals surface area (Å²) in [5.74, 6) is 0. The van der Waals surface area contributed by atoms with Crippen LogP contribution in [-0.2, 0) is 6.18 Å². The van der Waals surface area contributed by atoms with E-state index in [4.69, 9.17) is 4.42 Å². The largest absolute Gasteiger partial charge is 0.463 e. The molecule has 1 atom stereocenters. The molecule has 1 heterocycles. The van der Waals surface area contributed by atoms with Crippen LogP contribution in [0.2, 0.25) is 0 Å². The average Bonchev–Trinajstić information content (AvgIpc) is 2.58. The summed E-state index contributed by atoms with van der Waals surface area (Å²) in [4.78, 5) is 0. The molecule has 0 aliphatic rings. The molecule has 0 spiro atoms. The van der Waals surface area contributed by atoms with Gasteiger partial charge in [0.05, 0.1) is 17.9 Å². The Hall–Kier alpha value is -1.49. The maximum Gasteiger partial charge on any atom is 0.420 e. The smallest absolute Gasteiger partial charge is 0.420 e. The van der Waals surface area contributed by atoms with Crippen molar-refractivity contribution in [1.29, 1.82) is 0 Å². The number of hydrogen-bond acceptors (Lipinski definition) is 2. The van der Waals surface area contributed by atoms with E-state index in [-0.39, 0.29) is 5.58 Å². The molecule has 2 nitrogen and oxygen atoms in total. The highest BCUT2D eigenvalue weighted by Gasteiger charge is 2.34. The summed E-state index contributed by atoms with van der Waals surface area (Å²) in [5.41, 5.74) is -0.691. The Morgan fingerprint density at radius 3 is 2.56 bits per heavy atom. The Bertz CT molecular complexity index is 511. The lowest BCUT2D eigenvalue weighted by Crippen LogP contribution is -2.04. The van der Waals surface area contributed by atoms with Crippen molar-refractivity contribution in [1.82, 2.24) is 0 Å². The lowest BCUT2D eigenvalue weighted by molar-refractivity contribution is -0.136. The molecule has 0 fully saturated rings. The van der Waals surface area contributed by atoms with Crippen molar-refractivity contribution in [2.45, 2.75) is 19.2 Å². The summed E-state index contributed by atoms with van der Waals surface area (Å²) in [6, 6.07) is 3.75. The van der Waals surface area contributed by atoms with Crippen molar-refractivity contribution in [2.24, 2.45) is 0 Å². The molecule has 0 saturated heterocycles. The SMILES string of the molecule is CC(O)c1coc2c(C(F)(F)F)cccc12. The Balaban J connectivity index is 2.72. The molecule has 5 heteroatoms. The minimum Gasteiger partial charge on any atom is -0.463 e. The van der Waals surface area contributed by atoms with Gasteiger partial charge >= 0.3 is 6.18 Å². The highest BCUT2D eigenvalue weighted by atomic mass is 19.4. The highest BCUT2D eigenvalue weighted by molar-refractivity contribution is 5.84. The molecule has 0 aliphatic carbocycles. The second-order valence-corrected chi connectivity index (χ2v) is 3.55. The summed E-state index contributed by atoms with van der Waals surface area (Å²) in [6.45, 7) is 1.48. The van der Waals surface area contributed by atoms with Crippen molar-refractivity contribution in [3.8, 4) is 0 Å². The van der Waals surface area contributed by atoms with E-state index in [9.17, 15) is 18.3 Å². The highest BCUT2D eigenvalue weighted by Crippen LogP contribution is 2.37. The number of furan rings is 1. The number of aliphatic hydroxyl groups is 1. The van der Waals surface area contributed by atoms with Crippen LogP contribution < -0.4 is 0 Å². The van der Waals surface area contributed by atoms with Crippen molar-refractivity contribution < 1.29 is 22.7 Å². The van der Waals surface area contributed by atoms with Gasteiger partial charge in [-0.05, 0) is 13.0 Å². The van der Waals surface area contributed by atoms with Gasteiger partial charge in [-0.15, -0.1) is 0 Å². The van der Waals surface area contributed by atoms with Crippen LogP contribution in [0.15, 0.2) is 28.9 Å². The van der Waals surface area contributed by atoms with E-state index in [1.54, 1.807) is 0 Å². The normalized spacial score (nSPS) is 14.3. The van der Waals surface area contributed by atoms with Gasteiger partial charge in [-0.2, -0.15) is 13.2 Å². The second kappa shape index (κ2) is 3.52. The molecule has 0 aliphatic heterocycles. The van der Waals surface area contributed by atoms with Gasteiger partial charge in [-0.3, -0.25) is 0 Å². The predicted octanol–water partition coefficient (Wildman–Crippen LogP) is 3.50. The van der Waals surface area contributed by atoms with Gasteiger partial charge in [0, 0.05) is 10.9 Å². The van der Waals surface area contributed by atoms with Gasteiger partial charge in [0.15, 0.2) is 0 Å². The third-order valence-corrected chi connectivity index (χ3v) is 2.39. The van der Waals surface area contributed by atoms with E-state index in [1.165, 1.54) is 19.1 Å². The molecule has 0 saturated carbocycles. The van der Waals surface area contributed by atoms with Crippen molar-refractivity contribution >= 4 is 11.0 Å². The first-order chi connectivity index (χ1) is 7.41. The molecule has 86 valence electrons. The standard InChI is InChI=1S/C11H9F3O2/c1-6(15)8-5-16-10-7(8)3-2-4-9(10)11(12,13)14/h2-6,15H,1H3. The maximum atomic E-state index is 12.6. The van der Waals surface area contributed by atoms with Crippen LogP contribution in [0, 0.1) is 0 Å². The first kappa shape index (κ1) is 11.0. The Kier molecular flexibility index (Phi) is 2.42. The first-order valence-corrected chi connectivity index (χ1v) is 4.66. The van der Waals surface area contributed by atoms with E-state index >= 15 is 0 Å². The van der Waals surface area contributed by atoms with Crippen LogP contribution in [0.25, 0.3) is 11.0 Å². The number of halogens is 3. The number of aliphatic hydroxyl groups excluding tert-OH is 1. The van der Waals surface area contributed by atoms with E-state index in [1.807, 2.05) is 0 Å². The molecule has 16 heavy (non-hydrogen) atoms. The summed E-state index contributed by atoms with van der Waals surface area (Å²) < 4.78 is 42.7. The minimum atomic E-state index is -4.45. The molecule has 1 aromatic carbocycles. The van der Waals surface area contributed by atoms with E-state index in [2.05, 4.69) is 0 Å². The summed E-state index contributed by atoms with van der Waals surface area (Å²) in [5, 5.41) is 9.66. The molecular formula is C11H9F3O2. The van der Waals surface area contributed by atoms with Crippen LogP contribution in [0.4, 0.5) is 13.2 Å². The van der Waals surface area contributed by atoms with Gasteiger partial charge in [-0.25, -0.2) is 0 Å². The molecule has 0 amide bonds. The van der Waals surface area contributed by atoms with Crippen LogP contribution in [0.1, 0.15) is 24.2 Å². The molecule has 2 rings (SSSR count).